The molecule has 128 valence electrons. The third-order valence-electron chi connectivity index (χ3n) is 4.96. The Morgan fingerprint density at radius 1 is 1.21 bits per heavy atom. The van der Waals surface area contributed by atoms with Crippen molar-refractivity contribution in [1.29, 1.82) is 0 Å². The summed E-state index contributed by atoms with van der Waals surface area (Å²) in [7, 11) is 4.28. The van der Waals surface area contributed by atoms with E-state index in [0.717, 1.165) is 25.4 Å². The van der Waals surface area contributed by atoms with Gasteiger partial charge in [-0.3, -0.25) is 4.90 Å². The van der Waals surface area contributed by atoms with Crippen molar-refractivity contribution in [1.82, 2.24) is 24.8 Å². The standard InChI is InChI=1S/C18H25N5O/c1-21(2)16-12-22(13-17(16)23-10-9-19-20-23)11-14-5-3-4-6-18(14)24-15-7-8-15/h3-6,9-10,15-17H,7-8,11-13H2,1-2H3/t16-,17+/m1/s1. The maximum Gasteiger partial charge on any atom is 0.124 e. The Hall–Kier alpha value is -1.92. The molecule has 2 aliphatic rings. The van der Waals surface area contributed by atoms with Crippen LogP contribution in [-0.4, -0.2) is 64.1 Å². The first-order valence-electron chi connectivity index (χ1n) is 8.70. The summed E-state index contributed by atoms with van der Waals surface area (Å²) in [6, 6.07) is 9.21. The molecular formula is C18H25N5O. The predicted molar refractivity (Wildman–Crippen MR) is 91.9 cm³/mol. The first kappa shape index (κ1) is 15.6. The molecule has 6 heteroatoms. The van der Waals surface area contributed by atoms with Crippen LogP contribution in [-0.2, 0) is 6.54 Å². The molecule has 0 radical (unpaired) electrons. The minimum Gasteiger partial charge on any atom is -0.490 e. The van der Waals surface area contributed by atoms with Crippen LogP contribution in [0, 0.1) is 0 Å². The molecule has 0 unspecified atom stereocenters. The van der Waals surface area contributed by atoms with Crippen molar-refractivity contribution in [2.45, 2.75) is 37.6 Å². The smallest absolute Gasteiger partial charge is 0.124 e. The van der Waals surface area contributed by atoms with Gasteiger partial charge in [0.1, 0.15) is 5.75 Å². The summed E-state index contributed by atoms with van der Waals surface area (Å²) >= 11 is 0. The Morgan fingerprint density at radius 2 is 2.04 bits per heavy atom. The zero-order valence-electron chi connectivity index (χ0n) is 14.4. The van der Waals surface area contributed by atoms with Gasteiger partial charge >= 0.3 is 0 Å². The largest absolute Gasteiger partial charge is 0.490 e. The monoisotopic (exact) mass is 327 g/mol. The number of likely N-dealkylation sites (N-methyl/N-ethyl adjacent to an activating group) is 1. The molecule has 1 aliphatic carbocycles. The maximum absolute atomic E-state index is 6.08. The molecule has 0 spiro atoms. The van der Waals surface area contributed by atoms with Crippen LogP contribution in [0.2, 0.25) is 0 Å². The number of ether oxygens (including phenoxy) is 1. The number of hydrogen-bond donors (Lipinski definition) is 0. The second-order valence-electron chi connectivity index (χ2n) is 7.10. The van der Waals surface area contributed by atoms with Crippen molar-refractivity contribution in [2.24, 2.45) is 0 Å². The van der Waals surface area contributed by atoms with Crippen LogP contribution in [0.4, 0.5) is 0 Å². The SMILES string of the molecule is CN(C)[C@@H]1CN(Cc2ccccc2OC2CC2)C[C@@H]1n1ccnn1. The first-order valence-corrected chi connectivity index (χ1v) is 8.70. The van der Waals surface area contributed by atoms with Gasteiger partial charge in [0.15, 0.2) is 0 Å². The van der Waals surface area contributed by atoms with Crippen LogP contribution in [0.25, 0.3) is 0 Å². The third-order valence-corrected chi connectivity index (χ3v) is 4.96. The van der Waals surface area contributed by atoms with Gasteiger partial charge in [0.25, 0.3) is 0 Å². The van der Waals surface area contributed by atoms with Crippen LogP contribution >= 0.6 is 0 Å². The minimum absolute atomic E-state index is 0.332. The van der Waals surface area contributed by atoms with E-state index in [4.69, 9.17) is 4.74 Å². The molecule has 2 aromatic rings. The van der Waals surface area contributed by atoms with E-state index in [-0.39, 0.29) is 0 Å². The van der Waals surface area contributed by atoms with Gasteiger partial charge in [-0.2, -0.15) is 0 Å². The Morgan fingerprint density at radius 3 is 2.75 bits per heavy atom. The highest BCUT2D eigenvalue weighted by Gasteiger charge is 2.36. The van der Waals surface area contributed by atoms with E-state index in [1.165, 1.54) is 18.4 Å². The van der Waals surface area contributed by atoms with Crippen LogP contribution in [0.15, 0.2) is 36.7 Å². The molecule has 0 N–H and O–H groups in total. The number of aromatic nitrogens is 3. The summed E-state index contributed by atoms with van der Waals surface area (Å²) in [6.45, 7) is 2.91. The molecule has 1 aliphatic heterocycles. The molecule has 2 atom stereocenters. The summed E-state index contributed by atoms with van der Waals surface area (Å²) in [5.74, 6) is 1.05. The summed E-state index contributed by atoms with van der Waals surface area (Å²) in [5.41, 5.74) is 1.28. The zero-order valence-corrected chi connectivity index (χ0v) is 14.4. The van der Waals surface area contributed by atoms with Crippen LogP contribution < -0.4 is 4.74 Å². The van der Waals surface area contributed by atoms with Gasteiger partial charge in [-0.05, 0) is 33.0 Å². The molecular weight excluding hydrogens is 302 g/mol. The van der Waals surface area contributed by atoms with Gasteiger partial charge in [0.2, 0.25) is 0 Å². The Bertz CT molecular complexity index is 668. The molecule has 1 saturated carbocycles. The lowest BCUT2D eigenvalue weighted by atomic mass is 10.1. The number of likely N-dealkylation sites (tertiary alicyclic amines) is 1. The lowest BCUT2D eigenvalue weighted by Crippen LogP contribution is -2.36. The lowest BCUT2D eigenvalue weighted by Gasteiger charge is -2.24. The van der Waals surface area contributed by atoms with E-state index >= 15 is 0 Å². The van der Waals surface area contributed by atoms with Crippen molar-refractivity contribution < 1.29 is 4.74 Å². The molecule has 4 rings (SSSR count). The fraction of sp³-hybridized carbons (Fsp3) is 0.556. The van der Waals surface area contributed by atoms with Crippen LogP contribution in [0.1, 0.15) is 24.4 Å². The van der Waals surface area contributed by atoms with Crippen LogP contribution in [0.3, 0.4) is 0 Å². The third kappa shape index (κ3) is 3.30. The fourth-order valence-electron chi connectivity index (χ4n) is 3.49. The topological polar surface area (TPSA) is 46.4 Å². The summed E-state index contributed by atoms with van der Waals surface area (Å²) in [4.78, 5) is 4.78. The van der Waals surface area contributed by atoms with Crippen molar-refractivity contribution in [3.05, 3.63) is 42.2 Å². The highest BCUT2D eigenvalue weighted by molar-refractivity contribution is 5.34. The number of para-hydroxylation sites is 1. The summed E-state index contributed by atoms with van der Waals surface area (Å²) in [5, 5.41) is 8.21. The predicted octanol–water partition coefficient (Wildman–Crippen LogP) is 1.81. The average molecular weight is 327 g/mol. The number of rotatable bonds is 6. The van der Waals surface area contributed by atoms with Gasteiger partial charge in [-0.15, -0.1) is 5.10 Å². The van der Waals surface area contributed by atoms with E-state index in [2.05, 4.69) is 58.5 Å². The quantitative estimate of drug-likeness (QED) is 0.810. The molecule has 0 amide bonds. The van der Waals surface area contributed by atoms with E-state index in [1.807, 2.05) is 10.9 Å². The molecule has 2 fully saturated rings. The minimum atomic E-state index is 0.332. The number of hydrogen-bond acceptors (Lipinski definition) is 5. The summed E-state index contributed by atoms with van der Waals surface area (Å²) in [6.07, 6.45) is 6.54. The van der Waals surface area contributed by atoms with Gasteiger partial charge in [0, 0.05) is 37.4 Å². The molecule has 6 nitrogen and oxygen atoms in total. The van der Waals surface area contributed by atoms with E-state index in [1.54, 1.807) is 6.20 Å². The van der Waals surface area contributed by atoms with Crippen LogP contribution in [0.5, 0.6) is 5.75 Å². The Balaban J connectivity index is 1.49. The lowest BCUT2D eigenvalue weighted by molar-refractivity contribution is 0.236. The van der Waals surface area contributed by atoms with E-state index < -0.39 is 0 Å². The highest BCUT2D eigenvalue weighted by Crippen LogP contribution is 2.31. The molecule has 0 bridgehead atoms. The van der Waals surface area contributed by atoms with E-state index in [0.29, 0.717) is 18.2 Å². The molecule has 1 saturated heterocycles. The fourth-order valence-corrected chi connectivity index (χ4v) is 3.49. The average Bonchev–Trinajstić information content (AvgIpc) is 3.07. The van der Waals surface area contributed by atoms with Crippen molar-refractivity contribution in [3.63, 3.8) is 0 Å². The second-order valence-corrected chi connectivity index (χ2v) is 7.10. The van der Waals surface area contributed by atoms with Crippen molar-refractivity contribution in [3.8, 4) is 5.75 Å². The number of nitrogens with zero attached hydrogens (tertiary/aromatic N) is 5. The molecule has 1 aromatic carbocycles. The summed E-state index contributed by atoms with van der Waals surface area (Å²) < 4.78 is 8.07. The van der Waals surface area contributed by atoms with Gasteiger partial charge in [0.05, 0.1) is 18.3 Å². The Kier molecular flexibility index (Phi) is 4.24. The molecule has 2 heterocycles. The van der Waals surface area contributed by atoms with Crippen molar-refractivity contribution >= 4 is 0 Å². The van der Waals surface area contributed by atoms with Gasteiger partial charge in [-0.1, -0.05) is 23.4 Å². The van der Waals surface area contributed by atoms with Crippen molar-refractivity contribution in [2.75, 3.05) is 27.2 Å². The highest BCUT2D eigenvalue weighted by atomic mass is 16.5. The molecule has 1 aromatic heterocycles. The second kappa shape index (κ2) is 6.53. The van der Waals surface area contributed by atoms with Gasteiger partial charge < -0.3 is 9.64 Å². The zero-order chi connectivity index (χ0) is 16.5. The first-order chi connectivity index (χ1) is 11.7. The van der Waals surface area contributed by atoms with Gasteiger partial charge in [-0.25, -0.2) is 4.68 Å². The Labute approximate surface area is 143 Å². The maximum atomic E-state index is 6.08. The van der Waals surface area contributed by atoms with E-state index in [9.17, 15) is 0 Å². The number of benzene rings is 1. The normalized spacial score (nSPS) is 24.6. The molecule has 24 heavy (non-hydrogen) atoms.